The van der Waals surface area contributed by atoms with Gasteiger partial charge in [-0.15, -0.1) is 0 Å². The van der Waals surface area contributed by atoms with Gasteiger partial charge in [-0.25, -0.2) is 0 Å². The van der Waals surface area contributed by atoms with Crippen molar-refractivity contribution in [2.45, 2.75) is 0 Å². The summed E-state index contributed by atoms with van der Waals surface area (Å²) < 4.78 is 0. The number of rotatable bonds is 9. The molecule has 0 aliphatic carbocycles. The molecule has 0 heterocycles. The van der Waals surface area contributed by atoms with Gasteiger partial charge in [0.05, 0.1) is 5.69 Å². The number of anilines is 3. The van der Waals surface area contributed by atoms with E-state index in [9.17, 15) is 0 Å². The molecule has 0 radical (unpaired) electrons. The minimum Gasteiger partial charge on any atom is -0.310 e. The van der Waals surface area contributed by atoms with Gasteiger partial charge in [0.1, 0.15) is 0 Å². The molecule has 0 bridgehead atoms. The van der Waals surface area contributed by atoms with Crippen LogP contribution >= 0.6 is 0 Å². The summed E-state index contributed by atoms with van der Waals surface area (Å²) >= 11 is 0. The van der Waals surface area contributed by atoms with Gasteiger partial charge >= 0.3 is 0 Å². The third-order valence-electron chi connectivity index (χ3n) is 11.3. The van der Waals surface area contributed by atoms with Crippen molar-refractivity contribution < 1.29 is 0 Å². The Morgan fingerprint density at radius 1 is 0.203 bits per heavy atom. The van der Waals surface area contributed by atoms with E-state index in [1.807, 2.05) is 0 Å². The number of benzene rings is 10. The smallest absolute Gasteiger partial charge is 0.0540 e. The Hall–Kier alpha value is -7.74. The summed E-state index contributed by atoms with van der Waals surface area (Å²) in [6, 6.07) is 89.8. The Balaban J connectivity index is 1.07. The SMILES string of the molecule is c1ccc(-c2ccc(-c3ccc(N(c4ccc5ccccc5c4)c4ccccc4-c4ccccc4-c4ccccc4-c4ccc(-c5ccccc5)cc4)cc3)cc2)cc1. The predicted molar refractivity (Wildman–Crippen MR) is 251 cm³/mol. The fourth-order valence-corrected chi connectivity index (χ4v) is 8.32. The van der Waals surface area contributed by atoms with Crippen LogP contribution in [0.4, 0.5) is 17.1 Å². The molecule has 278 valence electrons. The molecule has 0 fully saturated rings. The molecule has 10 aromatic rings. The lowest BCUT2D eigenvalue weighted by Crippen LogP contribution is -2.11. The highest BCUT2D eigenvalue weighted by atomic mass is 15.1. The normalized spacial score (nSPS) is 11.1. The van der Waals surface area contributed by atoms with Gasteiger partial charge < -0.3 is 4.90 Å². The molecule has 0 saturated heterocycles. The monoisotopic (exact) mass is 751 g/mol. The van der Waals surface area contributed by atoms with Gasteiger partial charge in [0.2, 0.25) is 0 Å². The van der Waals surface area contributed by atoms with Crippen molar-refractivity contribution in [3.05, 3.63) is 249 Å². The number of hydrogen-bond acceptors (Lipinski definition) is 1. The molecule has 1 nitrogen and oxygen atoms in total. The first kappa shape index (κ1) is 35.7. The highest BCUT2D eigenvalue weighted by molar-refractivity contribution is 5.98. The number of fused-ring (bicyclic) bond motifs is 1. The first-order valence-corrected chi connectivity index (χ1v) is 20.3. The van der Waals surface area contributed by atoms with E-state index in [0.29, 0.717) is 0 Å². The van der Waals surface area contributed by atoms with E-state index in [2.05, 4.69) is 254 Å². The van der Waals surface area contributed by atoms with Crippen LogP contribution in [0.2, 0.25) is 0 Å². The largest absolute Gasteiger partial charge is 0.310 e. The van der Waals surface area contributed by atoms with E-state index < -0.39 is 0 Å². The first-order valence-electron chi connectivity index (χ1n) is 20.3. The average Bonchev–Trinajstić information content (AvgIpc) is 3.33. The Morgan fingerprint density at radius 2 is 0.559 bits per heavy atom. The maximum Gasteiger partial charge on any atom is 0.0540 e. The Bertz CT molecular complexity index is 3000. The average molecular weight is 752 g/mol. The van der Waals surface area contributed by atoms with Gasteiger partial charge in [-0.05, 0) is 102 Å². The van der Waals surface area contributed by atoms with Crippen LogP contribution in [-0.4, -0.2) is 0 Å². The zero-order valence-corrected chi connectivity index (χ0v) is 32.6. The standard InChI is InChI=1S/C58H41N/c1-3-15-42(16-4-1)45-27-29-47(30-28-45)48-35-38-51(39-36-48)59(52-40-37-44-19-7-8-20-50(44)41-52)58-26-14-13-25-57(58)56-24-12-11-23-55(56)54-22-10-9-21-53(54)49-33-31-46(32-34-49)43-17-5-2-6-18-43/h1-41H. The molecule has 0 aromatic heterocycles. The second-order valence-electron chi connectivity index (χ2n) is 14.9. The summed E-state index contributed by atoms with van der Waals surface area (Å²) in [6.07, 6.45) is 0. The van der Waals surface area contributed by atoms with Gasteiger partial charge in [-0.3, -0.25) is 0 Å². The molecular weight excluding hydrogens is 711 g/mol. The maximum absolute atomic E-state index is 2.41. The molecule has 0 aliphatic rings. The van der Waals surface area contributed by atoms with E-state index in [4.69, 9.17) is 0 Å². The second kappa shape index (κ2) is 16.0. The van der Waals surface area contributed by atoms with Gasteiger partial charge in [0, 0.05) is 16.9 Å². The van der Waals surface area contributed by atoms with Crippen LogP contribution in [0.1, 0.15) is 0 Å². The van der Waals surface area contributed by atoms with E-state index >= 15 is 0 Å². The van der Waals surface area contributed by atoms with Crippen molar-refractivity contribution in [1.82, 2.24) is 0 Å². The maximum atomic E-state index is 2.41. The molecule has 0 N–H and O–H groups in total. The van der Waals surface area contributed by atoms with E-state index in [-0.39, 0.29) is 0 Å². The molecule has 0 amide bonds. The van der Waals surface area contributed by atoms with Crippen molar-refractivity contribution in [1.29, 1.82) is 0 Å². The lowest BCUT2D eigenvalue weighted by Gasteiger charge is -2.29. The van der Waals surface area contributed by atoms with Gasteiger partial charge in [-0.2, -0.15) is 0 Å². The second-order valence-corrected chi connectivity index (χ2v) is 14.9. The zero-order valence-electron chi connectivity index (χ0n) is 32.6. The van der Waals surface area contributed by atoms with Crippen LogP contribution < -0.4 is 4.90 Å². The molecule has 10 aromatic carbocycles. The fraction of sp³-hybridized carbons (Fsp3) is 0. The van der Waals surface area contributed by atoms with Gasteiger partial charge in [0.25, 0.3) is 0 Å². The Kier molecular flexibility index (Phi) is 9.68. The van der Waals surface area contributed by atoms with Gasteiger partial charge in [0.15, 0.2) is 0 Å². The summed E-state index contributed by atoms with van der Waals surface area (Å²) in [4.78, 5) is 2.41. The predicted octanol–water partition coefficient (Wildman–Crippen LogP) is 16.3. The van der Waals surface area contributed by atoms with Crippen molar-refractivity contribution in [2.24, 2.45) is 0 Å². The summed E-state index contributed by atoms with van der Waals surface area (Å²) in [6.45, 7) is 0. The lowest BCUT2D eigenvalue weighted by molar-refractivity contribution is 1.29. The highest BCUT2D eigenvalue weighted by Crippen LogP contribution is 2.46. The lowest BCUT2D eigenvalue weighted by atomic mass is 9.88. The summed E-state index contributed by atoms with van der Waals surface area (Å²) in [5.41, 5.74) is 17.7. The molecule has 0 unspecified atom stereocenters. The minimum atomic E-state index is 1.09. The topological polar surface area (TPSA) is 3.24 Å². The van der Waals surface area contributed by atoms with Crippen molar-refractivity contribution in [2.75, 3.05) is 4.90 Å². The van der Waals surface area contributed by atoms with E-state index in [0.717, 1.165) is 22.6 Å². The number of hydrogen-bond donors (Lipinski definition) is 0. The first-order chi connectivity index (χ1) is 29.3. The molecule has 59 heavy (non-hydrogen) atoms. The van der Waals surface area contributed by atoms with Gasteiger partial charge in [-0.1, -0.05) is 218 Å². The zero-order chi connectivity index (χ0) is 39.4. The van der Waals surface area contributed by atoms with E-state index in [1.54, 1.807) is 0 Å². The quantitative estimate of drug-likeness (QED) is 0.142. The third-order valence-corrected chi connectivity index (χ3v) is 11.3. The van der Waals surface area contributed by atoms with Crippen LogP contribution in [0.3, 0.4) is 0 Å². The van der Waals surface area contributed by atoms with Crippen molar-refractivity contribution in [3.8, 4) is 66.8 Å². The molecule has 10 rings (SSSR count). The summed E-state index contributed by atoms with van der Waals surface area (Å²) in [7, 11) is 0. The van der Waals surface area contributed by atoms with Crippen molar-refractivity contribution in [3.63, 3.8) is 0 Å². The van der Waals surface area contributed by atoms with Crippen LogP contribution in [0.15, 0.2) is 249 Å². The Morgan fingerprint density at radius 3 is 1.12 bits per heavy atom. The Labute approximate surface area is 346 Å². The highest BCUT2D eigenvalue weighted by Gasteiger charge is 2.20. The molecule has 0 spiro atoms. The minimum absolute atomic E-state index is 1.09. The van der Waals surface area contributed by atoms with E-state index in [1.165, 1.54) is 72.0 Å². The fourth-order valence-electron chi connectivity index (χ4n) is 8.32. The molecular formula is C58H41N. The third kappa shape index (κ3) is 7.23. The van der Waals surface area contributed by atoms with Crippen molar-refractivity contribution >= 4 is 27.8 Å². The van der Waals surface area contributed by atoms with Crippen LogP contribution in [-0.2, 0) is 0 Å². The summed E-state index contributed by atoms with van der Waals surface area (Å²) in [5, 5.41) is 2.42. The molecule has 0 saturated carbocycles. The molecule has 0 aliphatic heterocycles. The molecule has 0 atom stereocenters. The van der Waals surface area contributed by atoms with Crippen LogP contribution in [0, 0.1) is 0 Å². The molecule has 1 heteroatoms. The number of para-hydroxylation sites is 1. The summed E-state index contributed by atoms with van der Waals surface area (Å²) in [5.74, 6) is 0. The van der Waals surface area contributed by atoms with Crippen LogP contribution in [0.5, 0.6) is 0 Å². The number of nitrogens with zero attached hydrogens (tertiary/aromatic N) is 1. The van der Waals surface area contributed by atoms with Crippen LogP contribution in [0.25, 0.3) is 77.5 Å².